The Balaban J connectivity index is 2.05. The number of methoxy groups -OCH3 is 2. The zero-order valence-electron chi connectivity index (χ0n) is 9.24. The monoisotopic (exact) mass is 199 g/mol. The van der Waals surface area contributed by atoms with Crippen LogP contribution in [0.25, 0.3) is 0 Å². The van der Waals surface area contributed by atoms with Gasteiger partial charge in [0, 0.05) is 27.3 Å². The fraction of sp³-hybridized carbons (Fsp3) is 0.818. The van der Waals surface area contributed by atoms with E-state index in [1.54, 1.807) is 14.2 Å². The van der Waals surface area contributed by atoms with E-state index in [0.29, 0.717) is 0 Å². The van der Waals surface area contributed by atoms with E-state index in [1.807, 2.05) is 0 Å². The Bertz CT molecular complexity index is 167. The van der Waals surface area contributed by atoms with Crippen LogP contribution in [0.4, 0.5) is 0 Å². The second-order valence-electron chi connectivity index (χ2n) is 3.60. The van der Waals surface area contributed by atoms with Crippen LogP contribution in [0.15, 0.2) is 12.2 Å². The fourth-order valence-corrected chi connectivity index (χ4v) is 1.71. The van der Waals surface area contributed by atoms with Gasteiger partial charge in [-0.05, 0) is 25.8 Å². The van der Waals surface area contributed by atoms with E-state index in [4.69, 9.17) is 9.47 Å². The molecule has 0 fully saturated rings. The molecule has 0 aliphatic carbocycles. The molecule has 0 saturated carbocycles. The molecular formula is C11H21NO2. The molecule has 0 bridgehead atoms. The van der Waals surface area contributed by atoms with Crippen molar-refractivity contribution in [2.45, 2.75) is 25.6 Å². The maximum Gasteiger partial charge on any atom is 0.156 e. The Hall–Kier alpha value is -0.380. The summed E-state index contributed by atoms with van der Waals surface area (Å²) in [7, 11) is 3.38. The molecule has 1 aliphatic rings. The van der Waals surface area contributed by atoms with Crippen LogP contribution in [0.2, 0.25) is 0 Å². The number of hydrogen-bond donors (Lipinski definition) is 0. The van der Waals surface area contributed by atoms with Gasteiger partial charge in [-0.3, -0.25) is 4.90 Å². The predicted molar refractivity (Wildman–Crippen MR) is 57.2 cm³/mol. The van der Waals surface area contributed by atoms with Crippen molar-refractivity contribution in [3.8, 4) is 0 Å². The first kappa shape index (κ1) is 11.7. The van der Waals surface area contributed by atoms with Crippen LogP contribution in [0.1, 0.15) is 19.3 Å². The van der Waals surface area contributed by atoms with Gasteiger partial charge in [-0.25, -0.2) is 0 Å². The Labute approximate surface area is 86.7 Å². The van der Waals surface area contributed by atoms with Crippen molar-refractivity contribution in [3.63, 3.8) is 0 Å². The zero-order chi connectivity index (χ0) is 10.2. The van der Waals surface area contributed by atoms with E-state index >= 15 is 0 Å². The Kier molecular flexibility index (Phi) is 5.83. The van der Waals surface area contributed by atoms with Crippen LogP contribution in [0.5, 0.6) is 0 Å². The third kappa shape index (κ3) is 4.22. The van der Waals surface area contributed by atoms with E-state index in [0.717, 1.165) is 25.9 Å². The summed E-state index contributed by atoms with van der Waals surface area (Å²) >= 11 is 0. The molecular weight excluding hydrogens is 178 g/mol. The second kappa shape index (κ2) is 6.98. The third-order valence-corrected chi connectivity index (χ3v) is 2.58. The molecule has 0 saturated heterocycles. The van der Waals surface area contributed by atoms with Crippen molar-refractivity contribution in [3.05, 3.63) is 12.2 Å². The minimum atomic E-state index is -0.0321. The lowest BCUT2D eigenvalue weighted by Crippen LogP contribution is -2.29. The maximum absolute atomic E-state index is 5.13. The van der Waals surface area contributed by atoms with E-state index in [2.05, 4.69) is 17.1 Å². The van der Waals surface area contributed by atoms with Crippen molar-refractivity contribution < 1.29 is 9.47 Å². The van der Waals surface area contributed by atoms with E-state index < -0.39 is 0 Å². The summed E-state index contributed by atoms with van der Waals surface area (Å²) < 4.78 is 10.3. The first-order valence-electron chi connectivity index (χ1n) is 5.29. The topological polar surface area (TPSA) is 21.7 Å². The minimum Gasteiger partial charge on any atom is -0.356 e. The summed E-state index contributed by atoms with van der Waals surface area (Å²) in [5.41, 5.74) is 0. The van der Waals surface area contributed by atoms with Gasteiger partial charge in [-0.2, -0.15) is 0 Å². The van der Waals surface area contributed by atoms with E-state index in [-0.39, 0.29) is 6.29 Å². The molecule has 82 valence electrons. The quantitative estimate of drug-likeness (QED) is 0.479. The first-order valence-corrected chi connectivity index (χ1v) is 5.29. The van der Waals surface area contributed by atoms with Crippen molar-refractivity contribution >= 4 is 0 Å². The van der Waals surface area contributed by atoms with Gasteiger partial charge in [0.2, 0.25) is 0 Å². The highest BCUT2D eigenvalue weighted by Crippen LogP contribution is 2.06. The summed E-state index contributed by atoms with van der Waals surface area (Å²) in [6, 6.07) is 0. The van der Waals surface area contributed by atoms with E-state index in [1.165, 1.54) is 13.0 Å². The molecule has 0 aromatic carbocycles. The van der Waals surface area contributed by atoms with Gasteiger partial charge in [0.1, 0.15) is 0 Å². The summed E-state index contributed by atoms with van der Waals surface area (Å²) in [6.45, 7) is 3.44. The molecule has 0 amide bonds. The van der Waals surface area contributed by atoms with Crippen LogP contribution in [-0.2, 0) is 9.47 Å². The number of rotatable bonds is 6. The van der Waals surface area contributed by atoms with Gasteiger partial charge in [0.05, 0.1) is 0 Å². The van der Waals surface area contributed by atoms with Crippen LogP contribution in [0, 0.1) is 0 Å². The van der Waals surface area contributed by atoms with Crippen LogP contribution >= 0.6 is 0 Å². The van der Waals surface area contributed by atoms with Crippen LogP contribution in [0.3, 0.4) is 0 Å². The zero-order valence-corrected chi connectivity index (χ0v) is 9.24. The maximum atomic E-state index is 5.13. The van der Waals surface area contributed by atoms with Crippen LogP contribution < -0.4 is 0 Å². The Morgan fingerprint density at radius 2 is 2.07 bits per heavy atom. The molecule has 1 rings (SSSR count). The van der Waals surface area contributed by atoms with Gasteiger partial charge < -0.3 is 9.47 Å². The number of nitrogens with zero attached hydrogens (tertiary/aromatic N) is 1. The SMILES string of the molecule is COC(CCCN1CC=CCC1)OC. The summed E-state index contributed by atoms with van der Waals surface area (Å²) in [5, 5.41) is 0. The first-order chi connectivity index (χ1) is 6.86. The molecule has 0 aromatic rings. The Morgan fingerprint density at radius 1 is 1.29 bits per heavy atom. The normalized spacial score (nSPS) is 17.9. The van der Waals surface area contributed by atoms with Gasteiger partial charge in [-0.15, -0.1) is 0 Å². The van der Waals surface area contributed by atoms with Crippen molar-refractivity contribution in [2.24, 2.45) is 0 Å². The molecule has 0 aromatic heterocycles. The van der Waals surface area contributed by atoms with Gasteiger partial charge in [0.15, 0.2) is 6.29 Å². The van der Waals surface area contributed by atoms with Gasteiger partial charge in [0.25, 0.3) is 0 Å². The smallest absolute Gasteiger partial charge is 0.156 e. The predicted octanol–water partition coefficient (Wildman–Crippen LogP) is 1.65. The van der Waals surface area contributed by atoms with Crippen molar-refractivity contribution in [1.82, 2.24) is 4.90 Å². The minimum absolute atomic E-state index is 0.0321. The molecule has 0 unspecified atom stereocenters. The highest BCUT2D eigenvalue weighted by atomic mass is 16.7. The average Bonchev–Trinajstić information content (AvgIpc) is 2.26. The highest BCUT2D eigenvalue weighted by Gasteiger charge is 2.08. The van der Waals surface area contributed by atoms with Crippen molar-refractivity contribution in [2.75, 3.05) is 33.9 Å². The second-order valence-corrected chi connectivity index (χ2v) is 3.60. The largest absolute Gasteiger partial charge is 0.356 e. The lowest BCUT2D eigenvalue weighted by Gasteiger charge is -2.23. The molecule has 3 nitrogen and oxygen atoms in total. The Morgan fingerprint density at radius 3 is 2.64 bits per heavy atom. The molecule has 0 radical (unpaired) electrons. The van der Waals surface area contributed by atoms with Crippen molar-refractivity contribution in [1.29, 1.82) is 0 Å². The molecule has 3 heteroatoms. The average molecular weight is 199 g/mol. The lowest BCUT2D eigenvalue weighted by molar-refractivity contribution is -0.107. The summed E-state index contributed by atoms with van der Waals surface area (Å²) in [6.07, 6.45) is 7.78. The fourth-order valence-electron chi connectivity index (χ4n) is 1.71. The molecule has 0 spiro atoms. The number of ether oxygens (including phenoxy) is 2. The number of hydrogen-bond acceptors (Lipinski definition) is 3. The van der Waals surface area contributed by atoms with Gasteiger partial charge in [-0.1, -0.05) is 12.2 Å². The molecule has 0 atom stereocenters. The van der Waals surface area contributed by atoms with E-state index in [9.17, 15) is 0 Å². The highest BCUT2D eigenvalue weighted by molar-refractivity contribution is 4.90. The molecule has 0 N–H and O–H groups in total. The summed E-state index contributed by atoms with van der Waals surface area (Å²) in [4.78, 5) is 2.46. The third-order valence-electron chi connectivity index (χ3n) is 2.58. The molecule has 1 aliphatic heterocycles. The standard InChI is InChI=1S/C11H21NO2/c1-13-11(14-2)7-6-10-12-8-4-3-5-9-12/h3-4,11H,5-10H2,1-2H3. The summed E-state index contributed by atoms with van der Waals surface area (Å²) in [5.74, 6) is 0. The van der Waals surface area contributed by atoms with Gasteiger partial charge >= 0.3 is 0 Å². The van der Waals surface area contributed by atoms with Crippen LogP contribution in [-0.4, -0.2) is 45.0 Å². The lowest BCUT2D eigenvalue weighted by atomic mass is 10.2. The molecule has 14 heavy (non-hydrogen) atoms. The molecule has 1 heterocycles.